The number of ketones is 1. The van der Waals surface area contributed by atoms with E-state index in [2.05, 4.69) is 17.6 Å². The van der Waals surface area contributed by atoms with E-state index in [0.717, 1.165) is 19.3 Å². The van der Waals surface area contributed by atoms with Crippen LogP contribution < -0.4 is 15.4 Å². The molecule has 1 unspecified atom stereocenters. The number of rotatable bonds is 12. The molecule has 0 heterocycles. The first kappa shape index (κ1) is 24.1. The summed E-state index contributed by atoms with van der Waals surface area (Å²) in [6.45, 7) is 6.18. The van der Waals surface area contributed by atoms with Crippen LogP contribution in [0.5, 0.6) is 5.75 Å². The molecule has 0 aliphatic rings. The third kappa shape index (κ3) is 9.73. The zero-order chi connectivity index (χ0) is 21.6. The summed E-state index contributed by atoms with van der Waals surface area (Å²) in [6, 6.07) is 6.11. The molecule has 29 heavy (non-hydrogen) atoms. The molecule has 2 N–H and O–H groups in total. The smallest absolute Gasteiger partial charge is 0.321 e. The number of hydrogen-bond acceptors (Lipinski definition) is 6. The first-order valence-electron chi connectivity index (χ1n) is 9.91. The second-order valence-corrected chi connectivity index (χ2v) is 6.48. The Bertz CT molecular complexity index is 687. The number of carbonyl (C=O) groups excluding carboxylic acids is 4. The van der Waals surface area contributed by atoms with Gasteiger partial charge in [0.1, 0.15) is 5.75 Å². The molecule has 1 atom stereocenters. The lowest BCUT2D eigenvalue weighted by atomic mass is 10.1. The van der Waals surface area contributed by atoms with Crippen molar-refractivity contribution >= 4 is 23.7 Å². The molecular formula is C21H30N2O6. The Labute approximate surface area is 171 Å². The fraction of sp³-hybridized carbons (Fsp3) is 0.524. The van der Waals surface area contributed by atoms with Gasteiger partial charge in [-0.05, 0) is 44.5 Å². The van der Waals surface area contributed by atoms with Crippen LogP contribution in [-0.4, -0.2) is 42.9 Å². The maximum Gasteiger partial charge on any atom is 0.321 e. The second kappa shape index (κ2) is 13.3. The van der Waals surface area contributed by atoms with Gasteiger partial charge in [0.25, 0.3) is 5.91 Å². The van der Waals surface area contributed by atoms with Crippen molar-refractivity contribution in [2.45, 2.75) is 59.0 Å². The Hall–Kier alpha value is -2.90. The molecule has 0 fully saturated rings. The lowest BCUT2D eigenvalue weighted by molar-refractivity contribution is -0.154. The molecule has 0 saturated carbocycles. The summed E-state index contributed by atoms with van der Waals surface area (Å²) in [6.07, 6.45) is 1.88. The van der Waals surface area contributed by atoms with Gasteiger partial charge in [-0.15, -0.1) is 0 Å². The van der Waals surface area contributed by atoms with Crippen molar-refractivity contribution < 1.29 is 28.7 Å². The number of Topliss-reactive ketones (excluding diaryl/α,β-unsaturated/α-hetero) is 1. The molecule has 0 aromatic heterocycles. The molecule has 0 bridgehead atoms. The van der Waals surface area contributed by atoms with Gasteiger partial charge < -0.3 is 14.8 Å². The Kier molecular flexibility index (Phi) is 11.1. The molecule has 1 aromatic carbocycles. The van der Waals surface area contributed by atoms with Crippen molar-refractivity contribution in [3.05, 3.63) is 29.8 Å². The van der Waals surface area contributed by atoms with Crippen LogP contribution in [0.15, 0.2) is 24.3 Å². The number of amides is 3. The molecule has 3 amide bonds. The number of imide groups is 1. The molecule has 1 aromatic rings. The Morgan fingerprint density at radius 1 is 1.00 bits per heavy atom. The SMILES string of the molecule is CCCCCOc1ccc(C(=O)CCC(=O)OC(C)C(=O)NC(=O)NCC)cc1. The largest absolute Gasteiger partial charge is 0.494 e. The van der Waals surface area contributed by atoms with Gasteiger partial charge in [-0.2, -0.15) is 0 Å². The molecular weight excluding hydrogens is 376 g/mol. The van der Waals surface area contributed by atoms with E-state index in [-0.39, 0.29) is 18.6 Å². The van der Waals surface area contributed by atoms with Gasteiger partial charge >= 0.3 is 12.0 Å². The van der Waals surface area contributed by atoms with Crippen LogP contribution in [0.1, 0.15) is 63.2 Å². The maximum absolute atomic E-state index is 12.2. The van der Waals surface area contributed by atoms with Crippen LogP contribution in [0.25, 0.3) is 0 Å². The first-order chi connectivity index (χ1) is 13.9. The third-order valence-electron chi connectivity index (χ3n) is 4.00. The van der Waals surface area contributed by atoms with E-state index in [4.69, 9.17) is 9.47 Å². The minimum Gasteiger partial charge on any atom is -0.494 e. The van der Waals surface area contributed by atoms with Crippen LogP contribution in [0.4, 0.5) is 4.79 Å². The number of carbonyl (C=O) groups is 4. The van der Waals surface area contributed by atoms with E-state index >= 15 is 0 Å². The number of ether oxygens (including phenoxy) is 2. The molecule has 0 saturated heterocycles. The third-order valence-corrected chi connectivity index (χ3v) is 4.00. The summed E-state index contributed by atoms with van der Waals surface area (Å²) in [4.78, 5) is 47.1. The lowest BCUT2D eigenvalue weighted by Crippen LogP contribution is -2.44. The van der Waals surface area contributed by atoms with E-state index in [0.29, 0.717) is 24.5 Å². The first-order valence-corrected chi connectivity index (χ1v) is 9.91. The molecule has 0 aliphatic heterocycles. The molecule has 0 spiro atoms. The summed E-state index contributed by atoms with van der Waals surface area (Å²) < 4.78 is 10.6. The molecule has 1 rings (SSSR count). The Morgan fingerprint density at radius 3 is 2.31 bits per heavy atom. The van der Waals surface area contributed by atoms with Crippen molar-refractivity contribution in [1.29, 1.82) is 0 Å². The van der Waals surface area contributed by atoms with Crippen molar-refractivity contribution in [3.8, 4) is 5.75 Å². The minimum atomic E-state index is -1.13. The van der Waals surface area contributed by atoms with Crippen molar-refractivity contribution in [3.63, 3.8) is 0 Å². The van der Waals surface area contributed by atoms with Gasteiger partial charge in [0, 0.05) is 18.5 Å². The van der Waals surface area contributed by atoms with Gasteiger partial charge in [-0.25, -0.2) is 4.79 Å². The van der Waals surface area contributed by atoms with E-state index in [1.165, 1.54) is 6.92 Å². The zero-order valence-corrected chi connectivity index (χ0v) is 17.3. The van der Waals surface area contributed by atoms with Gasteiger partial charge in [0.2, 0.25) is 0 Å². The monoisotopic (exact) mass is 406 g/mol. The average Bonchev–Trinajstić information content (AvgIpc) is 2.70. The van der Waals surface area contributed by atoms with Crippen LogP contribution in [-0.2, 0) is 14.3 Å². The standard InChI is InChI=1S/C21H30N2O6/c1-4-6-7-14-28-17-10-8-16(9-11-17)18(24)12-13-19(25)29-15(3)20(26)23-21(27)22-5-2/h8-11,15H,4-7,12-14H2,1-3H3,(H2,22,23,26,27). The van der Waals surface area contributed by atoms with Gasteiger partial charge in [0.15, 0.2) is 11.9 Å². The highest BCUT2D eigenvalue weighted by Crippen LogP contribution is 2.15. The van der Waals surface area contributed by atoms with Crippen LogP contribution in [0.3, 0.4) is 0 Å². The van der Waals surface area contributed by atoms with Crippen molar-refractivity contribution in [2.24, 2.45) is 0 Å². The maximum atomic E-state index is 12.2. The van der Waals surface area contributed by atoms with E-state index in [1.54, 1.807) is 31.2 Å². The molecule has 0 aliphatic carbocycles. The van der Waals surface area contributed by atoms with E-state index in [1.807, 2.05) is 0 Å². The topological polar surface area (TPSA) is 111 Å². The van der Waals surface area contributed by atoms with Crippen molar-refractivity contribution in [2.75, 3.05) is 13.2 Å². The predicted octanol–water partition coefficient (Wildman–Crippen LogP) is 3.00. The zero-order valence-electron chi connectivity index (χ0n) is 17.3. The molecule has 0 radical (unpaired) electrons. The summed E-state index contributed by atoms with van der Waals surface area (Å²) in [5.41, 5.74) is 0.473. The highest BCUT2D eigenvalue weighted by Gasteiger charge is 2.20. The van der Waals surface area contributed by atoms with Gasteiger partial charge in [-0.3, -0.25) is 19.7 Å². The Balaban J connectivity index is 2.38. The van der Waals surface area contributed by atoms with Gasteiger partial charge in [-0.1, -0.05) is 19.8 Å². The van der Waals surface area contributed by atoms with E-state index in [9.17, 15) is 19.2 Å². The molecule has 8 nitrogen and oxygen atoms in total. The molecule has 8 heteroatoms. The highest BCUT2D eigenvalue weighted by molar-refractivity contribution is 5.98. The second-order valence-electron chi connectivity index (χ2n) is 6.48. The Morgan fingerprint density at radius 2 is 1.69 bits per heavy atom. The summed E-state index contributed by atoms with van der Waals surface area (Å²) in [5.74, 6) is -0.930. The summed E-state index contributed by atoms with van der Waals surface area (Å²) >= 11 is 0. The highest BCUT2D eigenvalue weighted by atomic mass is 16.5. The lowest BCUT2D eigenvalue weighted by Gasteiger charge is -2.13. The van der Waals surface area contributed by atoms with Gasteiger partial charge in [0.05, 0.1) is 13.0 Å². The summed E-state index contributed by atoms with van der Waals surface area (Å²) in [7, 11) is 0. The number of esters is 1. The quantitative estimate of drug-likeness (QED) is 0.314. The fourth-order valence-electron chi connectivity index (χ4n) is 2.37. The van der Waals surface area contributed by atoms with Crippen LogP contribution >= 0.6 is 0 Å². The fourth-order valence-corrected chi connectivity index (χ4v) is 2.37. The summed E-state index contributed by atoms with van der Waals surface area (Å²) in [5, 5.41) is 4.46. The van der Waals surface area contributed by atoms with Crippen molar-refractivity contribution in [1.82, 2.24) is 10.6 Å². The van der Waals surface area contributed by atoms with Crippen LogP contribution in [0.2, 0.25) is 0 Å². The average molecular weight is 406 g/mol. The predicted molar refractivity (Wildman–Crippen MR) is 108 cm³/mol. The number of benzene rings is 1. The minimum absolute atomic E-state index is 0.0415. The number of unbranched alkanes of at least 4 members (excludes halogenated alkanes) is 2. The van der Waals surface area contributed by atoms with Crippen LogP contribution in [0, 0.1) is 0 Å². The molecule has 160 valence electrons. The number of nitrogens with one attached hydrogen (secondary N) is 2. The van der Waals surface area contributed by atoms with E-state index < -0.39 is 24.0 Å². The normalized spacial score (nSPS) is 11.3. The number of hydrogen-bond donors (Lipinski definition) is 2. The number of urea groups is 1.